The van der Waals surface area contributed by atoms with Gasteiger partial charge < -0.3 is 30.6 Å². The maximum atomic E-state index is 9.88. The number of rotatable bonds is 4. The molecule has 0 aliphatic carbocycles. The van der Waals surface area contributed by atoms with Crippen LogP contribution in [0.4, 0.5) is 0 Å². The summed E-state index contributed by atoms with van der Waals surface area (Å²) in [6.07, 6.45) is -0.327. The Balaban J connectivity index is -0.000000249. The second kappa shape index (κ2) is 11.7. The summed E-state index contributed by atoms with van der Waals surface area (Å²) in [5, 5.41) is 26.8. The Hall–Kier alpha value is -0.370. The molecular weight excluding hydrogens is 234 g/mol. The fourth-order valence-electron chi connectivity index (χ4n) is 0.397. The molecule has 0 fully saturated rings. The Morgan fingerprint density at radius 2 is 1.67 bits per heavy atom. The molecule has 0 aromatic rings. The van der Waals surface area contributed by atoms with Crippen molar-refractivity contribution in [3.63, 3.8) is 0 Å². The Kier molecular flexibility index (Phi) is 15.7. The molecule has 3 N–H and O–H groups in total. The molecule has 15 heavy (non-hydrogen) atoms. The summed E-state index contributed by atoms with van der Waals surface area (Å²) in [4.78, 5) is 28.6. The van der Waals surface area contributed by atoms with Crippen LogP contribution in [0.25, 0.3) is 0 Å². The minimum absolute atomic E-state index is 0. The predicted molar refractivity (Wildman–Crippen MR) is 46.3 cm³/mol. The van der Waals surface area contributed by atoms with Crippen LogP contribution in [-0.4, -0.2) is 66.8 Å². The zero-order valence-electron chi connectivity index (χ0n) is 8.26. The SMILES string of the molecule is CC(=O)[O-].N[C@@H](CCC(=O)O)C(=O)[O-].[Ca+2]. The summed E-state index contributed by atoms with van der Waals surface area (Å²) in [7, 11) is 0. The van der Waals surface area contributed by atoms with Crippen LogP contribution in [0.1, 0.15) is 19.8 Å². The average molecular weight is 245 g/mol. The summed E-state index contributed by atoms with van der Waals surface area (Å²) in [6, 6.07) is -1.17. The number of hydrogen-bond donors (Lipinski definition) is 2. The smallest absolute Gasteiger partial charge is 0.550 e. The van der Waals surface area contributed by atoms with Crippen LogP contribution >= 0.6 is 0 Å². The van der Waals surface area contributed by atoms with Gasteiger partial charge in [-0.2, -0.15) is 0 Å². The van der Waals surface area contributed by atoms with Crippen LogP contribution in [0.5, 0.6) is 0 Å². The van der Waals surface area contributed by atoms with E-state index in [1.807, 2.05) is 0 Å². The Bertz CT molecular complexity index is 216. The molecule has 0 unspecified atom stereocenters. The summed E-state index contributed by atoms with van der Waals surface area (Å²) in [5.74, 6) is -3.56. The Morgan fingerprint density at radius 3 is 1.87 bits per heavy atom. The van der Waals surface area contributed by atoms with Gasteiger partial charge in [-0.15, -0.1) is 0 Å². The number of carbonyl (C=O) groups excluding carboxylic acids is 2. The van der Waals surface area contributed by atoms with Gasteiger partial charge in [-0.25, -0.2) is 0 Å². The molecule has 0 rings (SSSR count). The van der Waals surface area contributed by atoms with Crippen LogP contribution in [0.15, 0.2) is 0 Å². The molecule has 0 saturated heterocycles. The first kappa shape index (κ1) is 20.1. The zero-order valence-corrected chi connectivity index (χ0v) is 10.5. The zero-order chi connectivity index (χ0) is 11.7. The third-order valence-corrected chi connectivity index (χ3v) is 0.972. The van der Waals surface area contributed by atoms with Gasteiger partial charge in [-0.05, 0) is 13.3 Å². The van der Waals surface area contributed by atoms with Crippen molar-refractivity contribution in [3.8, 4) is 0 Å². The number of nitrogens with two attached hydrogens (primary N) is 1. The Morgan fingerprint density at radius 1 is 1.33 bits per heavy atom. The van der Waals surface area contributed by atoms with Gasteiger partial charge >= 0.3 is 43.7 Å². The first-order valence-corrected chi connectivity index (χ1v) is 3.63. The van der Waals surface area contributed by atoms with Gasteiger partial charge in [-0.1, -0.05) is 0 Å². The molecule has 0 aromatic heterocycles. The second-order valence-corrected chi connectivity index (χ2v) is 2.35. The van der Waals surface area contributed by atoms with E-state index in [2.05, 4.69) is 0 Å². The molecule has 0 bridgehead atoms. The average Bonchev–Trinajstić information content (AvgIpc) is 1.98. The summed E-state index contributed by atoms with van der Waals surface area (Å²) in [6.45, 7) is 0.972. The maximum absolute atomic E-state index is 9.88. The summed E-state index contributed by atoms with van der Waals surface area (Å²) in [5.41, 5.74) is 4.94. The van der Waals surface area contributed by atoms with Crippen molar-refractivity contribution in [1.82, 2.24) is 0 Å². The van der Waals surface area contributed by atoms with E-state index < -0.39 is 23.9 Å². The Labute approximate surface area is 116 Å². The van der Waals surface area contributed by atoms with E-state index in [1.54, 1.807) is 0 Å². The largest absolute Gasteiger partial charge is 2.00 e. The normalized spacial score (nSPS) is 10.0. The standard InChI is InChI=1S/C5H9NO4.C2H4O2.Ca/c6-3(5(9)10)1-2-4(7)8;1-2(3)4;/h3H,1-2,6H2,(H,7,8)(H,9,10);1H3,(H,3,4);/q;;+2/p-2/t3-;;/m0../s1. The second-order valence-electron chi connectivity index (χ2n) is 2.35. The predicted octanol–water partition coefficient (Wildman–Crippen LogP) is -3.70. The third kappa shape index (κ3) is 24.8. The number of aliphatic carboxylic acids is 3. The molecule has 0 heterocycles. The van der Waals surface area contributed by atoms with Gasteiger partial charge in [0, 0.05) is 18.4 Å². The molecule has 1 atom stereocenters. The van der Waals surface area contributed by atoms with Crippen molar-refractivity contribution in [2.45, 2.75) is 25.8 Å². The van der Waals surface area contributed by atoms with E-state index in [-0.39, 0.29) is 50.6 Å². The number of carboxylic acids is 3. The molecule has 0 saturated carbocycles. The van der Waals surface area contributed by atoms with Crippen molar-refractivity contribution in [2.75, 3.05) is 0 Å². The molecule has 0 amide bonds. The van der Waals surface area contributed by atoms with Gasteiger partial charge in [0.1, 0.15) is 0 Å². The molecule has 0 aliphatic rings. The van der Waals surface area contributed by atoms with E-state index in [0.29, 0.717) is 0 Å². The van der Waals surface area contributed by atoms with Gasteiger partial charge in [0.05, 0.1) is 5.97 Å². The van der Waals surface area contributed by atoms with E-state index in [4.69, 9.17) is 20.7 Å². The molecule has 0 radical (unpaired) electrons. The van der Waals surface area contributed by atoms with Crippen LogP contribution in [0.2, 0.25) is 0 Å². The van der Waals surface area contributed by atoms with Crippen molar-refractivity contribution >= 4 is 55.6 Å². The van der Waals surface area contributed by atoms with Crippen LogP contribution in [0.3, 0.4) is 0 Å². The van der Waals surface area contributed by atoms with Gasteiger partial charge in [0.25, 0.3) is 0 Å². The molecule has 82 valence electrons. The molecule has 0 aliphatic heterocycles. The number of carboxylic acid groups (broad SMARTS) is 3. The van der Waals surface area contributed by atoms with Crippen molar-refractivity contribution in [1.29, 1.82) is 0 Å². The molecular formula is C7H11CaNO6. The van der Waals surface area contributed by atoms with Gasteiger partial charge in [-0.3, -0.25) is 4.79 Å². The van der Waals surface area contributed by atoms with Crippen molar-refractivity contribution < 1.29 is 29.7 Å². The molecule has 8 heteroatoms. The van der Waals surface area contributed by atoms with Crippen LogP contribution in [-0.2, 0) is 14.4 Å². The van der Waals surface area contributed by atoms with Crippen molar-refractivity contribution in [2.24, 2.45) is 5.73 Å². The summed E-state index contributed by atoms with van der Waals surface area (Å²) < 4.78 is 0. The van der Waals surface area contributed by atoms with Crippen molar-refractivity contribution in [3.05, 3.63) is 0 Å². The quantitative estimate of drug-likeness (QED) is 0.485. The minimum atomic E-state index is -1.42. The molecule has 0 spiro atoms. The fourth-order valence-corrected chi connectivity index (χ4v) is 0.397. The first-order valence-electron chi connectivity index (χ1n) is 3.63. The first-order chi connectivity index (χ1) is 6.27. The number of carbonyl (C=O) groups is 3. The molecule has 0 aromatic carbocycles. The molecule has 7 nitrogen and oxygen atoms in total. The maximum Gasteiger partial charge on any atom is 2.00 e. The monoisotopic (exact) mass is 245 g/mol. The van der Waals surface area contributed by atoms with E-state index in [1.165, 1.54) is 0 Å². The van der Waals surface area contributed by atoms with E-state index >= 15 is 0 Å². The van der Waals surface area contributed by atoms with E-state index in [9.17, 15) is 14.7 Å². The van der Waals surface area contributed by atoms with Gasteiger partial charge in [0.15, 0.2) is 0 Å². The van der Waals surface area contributed by atoms with Gasteiger partial charge in [0.2, 0.25) is 0 Å². The topological polar surface area (TPSA) is 144 Å². The summed E-state index contributed by atoms with van der Waals surface area (Å²) >= 11 is 0. The van der Waals surface area contributed by atoms with Crippen LogP contribution in [0, 0.1) is 0 Å². The fraction of sp³-hybridized carbons (Fsp3) is 0.571. The number of hydrogen-bond acceptors (Lipinski definition) is 6. The minimum Gasteiger partial charge on any atom is -0.550 e. The third-order valence-electron chi connectivity index (χ3n) is 0.972. The van der Waals surface area contributed by atoms with Crippen LogP contribution < -0.4 is 15.9 Å². The van der Waals surface area contributed by atoms with E-state index in [0.717, 1.165) is 6.92 Å².